The first-order valence-corrected chi connectivity index (χ1v) is 6.80. The zero-order chi connectivity index (χ0) is 15.6. The number of hydrogen-bond acceptors (Lipinski definition) is 4. The van der Waals surface area contributed by atoms with Gasteiger partial charge in [0.1, 0.15) is 23.3 Å². The molecule has 0 bridgehead atoms. The summed E-state index contributed by atoms with van der Waals surface area (Å²) in [5, 5.41) is 5.73. The zero-order valence-electron chi connectivity index (χ0n) is 11.9. The van der Waals surface area contributed by atoms with Crippen LogP contribution in [0.15, 0.2) is 12.1 Å². The first-order chi connectivity index (χ1) is 9.96. The molecule has 0 amide bonds. The van der Waals surface area contributed by atoms with Crippen molar-refractivity contribution in [3.63, 3.8) is 0 Å². The van der Waals surface area contributed by atoms with Crippen LogP contribution >= 0.6 is 11.6 Å². The second-order valence-corrected chi connectivity index (χ2v) is 4.84. The predicted molar refractivity (Wildman–Crippen MR) is 80.3 cm³/mol. The lowest BCUT2D eigenvalue weighted by Gasteiger charge is -2.14. The molecular weight excluding hydrogens is 298 g/mol. The minimum Gasteiger partial charge on any atom is -0.373 e. The Morgan fingerprint density at radius 3 is 2.43 bits per heavy atom. The number of hydrogen-bond donors (Lipinski definition) is 2. The standard InChI is InChI=1S/C14H15ClF2N4/c1-4-11-19-13(18-3)7(2)14(20-11)21-12-9(15)5-8(16)6-10(12)17/h5-6H,4H2,1-3H3,(H2,18,19,20,21). The Morgan fingerprint density at radius 2 is 1.86 bits per heavy atom. The maximum Gasteiger partial charge on any atom is 0.151 e. The lowest BCUT2D eigenvalue weighted by atomic mass is 10.2. The van der Waals surface area contributed by atoms with Gasteiger partial charge in [-0.1, -0.05) is 18.5 Å². The van der Waals surface area contributed by atoms with Gasteiger partial charge in [-0.25, -0.2) is 18.7 Å². The van der Waals surface area contributed by atoms with E-state index in [0.29, 0.717) is 23.9 Å². The molecule has 0 fully saturated rings. The lowest BCUT2D eigenvalue weighted by molar-refractivity contribution is 0.586. The Kier molecular flexibility index (Phi) is 4.57. The molecule has 4 nitrogen and oxygen atoms in total. The number of halogens is 3. The molecule has 0 aliphatic rings. The molecule has 7 heteroatoms. The third kappa shape index (κ3) is 3.21. The molecule has 1 aromatic heterocycles. The molecule has 0 atom stereocenters. The molecule has 0 unspecified atom stereocenters. The maximum atomic E-state index is 13.8. The predicted octanol–water partition coefficient (Wildman–Crippen LogP) is 4.06. The van der Waals surface area contributed by atoms with Gasteiger partial charge in [0.05, 0.1) is 10.7 Å². The van der Waals surface area contributed by atoms with E-state index >= 15 is 0 Å². The van der Waals surface area contributed by atoms with Gasteiger partial charge < -0.3 is 10.6 Å². The highest BCUT2D eigenvalue weighted by Gasteiger charge is 2.14. The zero-order valence-corrected chi connectivity index (χ0v) is 12.6. The quantitative estimate of drug-likeness (QED) is 0.893. The minimum atomic E-state index is -0.776. The fraction of sp³-hybridized carbons (Fsp3) is 0.286. The van der Waals surface area contributed by atoms with Crippen molar-refractivity contribution in [1.82, 2.24) is 9.97 Å². The highest BCUT2D eigenvalue weighted by Crippen LogP contribution is 2.31. The smallest absolute Gasteiger partial charge is 0.151 e. The van der Waals surface area contributed by atoms with Gasteiger partial charge in [-0.05, 0) is 13.0 Å². The Morgan fingerprint density at radius 1 is 1.19 bits per heavy atom. The Labute approximate surface area is 126 Å². The number of benzene rings is 1. The summed E-state index contributed by atoms with van der Waals surface area (Å²) in [6.07, 6.45) is 0.628. The maximum absolute atomic E-state index is 13.8. The van der Waals surface area contributed by atoms with Crippen molar-refractivity contribution < 1.29 is 8.78 Å². The van der Waals surface area contributed by atoms with E-state index in [0.717, 1.165) is 17.7 Å². The average molecular weight is 313 g/mol. The van der Waals surface area contributed by atoms with Gasteiger partial charge in [0, 0.05) is 25.1 Å². The van der Waals surface area contributed by atoms with E-state index in [9.17, 15) is 8.78 Å². The Balaban J connectivity index is 2.49. The highest BCUT2D eigenvalue weighted by atomic mass is 35.5. The summed E-state index contributed by atoms with van der Waals surface area (Å²) in [7, 11) is 1.74. The largest absolute Gasteiger partial charge is 0.373 e. The molecule has 0 aliphatic heterocycles. The first-order valence-electron chi connectivity index (χ1n) is 6.43. The van der Waals surface area contributed by atoms with Crippen molar-refractivity contribution in [3.05, 3.63) is 40.2 Å². The molecular formula is C14H15ClF2N4. The van der Waals surface area contributed by atoms with E-state index in [1.165, 1.54) is 0 Å². The molecule has 0 saturated carbocycles. The fourth-order valence-electron chi connectivity index (χ4n) is 1.87. The summed E-state index contributed by atoms with van der Waals surface area (Å²) in [6.45, 7) is 3.71. The van der Waals surface area contributed by atoms with Crippen LogP contribution in [0, 0.1) is 18.6 Å². The Bertz CT molecular complexity index is 653. The SMILES string of the molecule is CCc1nc(NC)c(C)c(Nc2c(F)cc(F)cc2Cl)n1. The number of anilines is 3. The van der Waals surface area contributed by atoms with Crippen LogP contribution in [0.2, 0.25) is 5.02 Å². The van der Waals surface area contributed by atoms with Crippen molar-refractivity contribution in [2.24, 2.45) is 0 Å². The van der Waals surface area contributed by atoms with Gasteiger partial charge in [0.2, 0.25) is 0 Å². The summed E-state index contributed by atoms with van der Waals surface area (Å²) in [5.41, 5.74) is 0.707. The van der Waals surface area contributed by atoms with Crippen LogP contribution in [0.25, 0.3) is 0 Å². The monoisotopic (exact) mass is 312 g/mol. The molecule has 1 aromatic carbocycles. The van der Waals surface area contributed by atoms with E-state index < -0.39 is 11.6 Å². The number of nitrogens with one attached hydrogen (secondary N) is 2. The van der Waals surface area contributed by atoms with Crippen LogP contribution in [0.3, 0.4) is 0 Å². The van der Waals surface area contributed by atoms with Crippen LogP contribution in [-0.2, 0) is 6.42 Å². The number of aryl methyl sites for hydroxylation is 1. The summed E-state index contributed by atoms with van der Waals surface area (Å²) in [4.78, 5) is 8.64. The third-order valence-corrected chi connectivity index (χ3v) is 3.29. The Hall–Kier alpha value is -1.95. The van der Waals surface area contributed by atoms with E-state index in [1.54, 1.807) is 14.0 Å². The molecule has 2 aromatic rings. The van der Waals surface area contributed by atoms with Crippen LogP contribution in [-0.4, -0.2) is 17.0 Å². The van der Waals surface area contributed by atoms with Gasteiger partial charge >= 0.3 is 0 Å². The average Bonchev–Trinajstić information content (AvgIpc) is 2.44. The molecule has 2 N–H and O–H groups in total. The molecule has 1 heterocycles. The molecule has 0 spiro atoms. The molecule has 2 rings (SSSR count). The van der Waals surface area contributed by atoms with Crippen LogP contribution in [0.5, 0.6) is 0 Å². The molecule has 0 radical (unpaired) electrons. The summed E-state index contributed by atoms with van der Waals surface area (Å²) in [6, 6.07) is 1.81. The van der Waals surface area contributed by atoms with Gasteiger partial charge in [-0.3, -0.25) is 0 Å². The minimum absolute atomic E-state index is 0.0102. The van der Waals surface area contributed by atoms with Crippen LogP contribution < -0.4 is 10.6 Å². The fourth-order valence-corrected chi connectivity index (χ4v) is 2.11. The van der Waals surface area contributed by atoms with E-state index in [1.807, 2.05) is 6.92 Å². The van der Waals surface area contributed by atoms with Crippen LogP contribution in [0.4, 0.5) is 26.1 Å². The van der Waals surface area contributed by atoms with Crippen LogP contribution in [0.1, 0.15) is 18.3 Å². The number of aromatic nitrogens is 2. The normalized spacial score (nSPS) is 10.6. The second-order valence-electron chi connectivity index (χ2n) is 4.44. The summed E-state index contributed by atoms with van der Waals surface area (Å²) in [5.74, 6) is 0.169. The highest BCUT2D eigenvalue weighted by molar-refractivity contribution is 6.33. The summed E-state index contributed by atoms with van der Waals surface area (Å²) < 4.78 is 26.9. The van der Waals surface area contributed by atoms with Crippen molar-refractivity contribution in [2.45, 2.75) is 20.3 Å². The van der Waals surface area contributed by atoms with Gasteiger partial charge in [0.15, 0.2) is 5.82 Å². The molecule has 0 saturated heterocycles. The van der Waals surface area contributed by atoms with Gasteiger partial charge in [-0.2, -0.15) is 0 Å². The first kappa shape index (κ1) is 15.4. The van der Waals surface area contributed by atoms with Crippen molar-refractivity contribution in [1.29, 1.82) is 0 Å². The number of nitrogens with zero attached hydrogens (tertiary/aromatic N) is 2. The van der Waals surface area contributed by atoms with Gasteiger partial charge in [-0.15, -0.1) is 0 Å². The van der Waals surface area contributed by atoms with Gasteiger partial charge in [0.25, 0.3) is 0 Å². The van der Waals surface area contributed by atoms with Crippen molar-refractivity contribution >= 4 is 28.9 Å². The molecule has 21 heavy (non-hydrogen) atoms. The van der Waals surface area contributed by atoms with E-state index in [2.05, 4.69) is 20.6 Å². The third-order valence-electron chi connectivity index (χ3n) is 3.00. The number of rotatable bonds is 4. The second kappa shape index (κ2) is 6.22. The van der Waals surface area contributed by atoms with E-state index in [4.69, 9.17) is 11.6 Å². The van der Waals surface area contributed by atoms with E-state index in [-0.39, 0.29) is 10.7 Å². The molecule has 0 aliphatic carbocycles. The lowest BCUT2D eigenvalue weighted by Crippen LogP contribution is -2.08. The molecule has 112 valence electrons. The summed E-state index contributed by atoms with van der Waals surface area (Å²) >= 11 is 5.88. The van der Waals surface area contributed by atoms with Crippen molar-refractivity contribution in [3.8, 4) is 0 Å². The van der Waals surface area contributed by atoms with Crippen molar-refractivity contribution in [2.75, 3.05) is 17.7 Å². The topological polar surface area (TPSA) is 49.8 Å².